The summed E-state index contributed by atoms with van der Waals surface area (Å²) in [5, 5.41) is 14.8. The molecule has 3 aromatic heterocycles. The van der Waals surface area contributed by atoms with Gasteiger partial charge < -0.3 is 20.5 Å². The Labute approximate surface area is 212 Å². The number of aliphatic hydroxyl groups is 1. The number of fused-ring (bicyclic) bond motifs is 1. The maximum Gasteiger partial charge on any atom is 0.135 e. The summed E-state index contributed by atoms with van der Waals surface area (Å²) in [6, 6.07) is 7.67. The molecular weight excluding hydrogens is 478 g/mol. The molecule has 0 unspecified atom stereocenters. The van der Waals surface area contributed by atoms with E-state index in [4.69, 9.17) is 10.5 Å². The van der Waals surface area contributed by atoms with Gasteiger partial charge in [-0.1, -0.05) is 6.92 Å². The molecule has 4 aromatic rings. The average Bonchev–Trinajstić information content (AvgIpc) is 3.23. The zero-order valence-electron chi connectivity index (χ0n) is 20.4. The van der Waals surface area contributed by atoms with Gasteiger partial charge in [-0.15, -0.1) is 0 Å². The molecule has 2 aliphatic heterocycles. The molecule has 8 nitrogen and oxygen atoms in total. The Hall–Kier alpha value is -3.47. The fourth-order valence-corrected chi connectivity index (χ4v) is 5.23. The van der Waals surface area contributed by atoms with Gasteiger partial charge in [-0.25, -0.2) is 18.3 Å². The molecule has 6 rings (SSSR count). The maximum atomic E-state index is 15.1. The summed E-state index contributed by atoms with van der Waals surface area (Å²) < 4.78 is 36.9. The summed E-state index contributed by atoms with van der Waals surface area (Å²) in [6.45, 7) is 4.11. The summed E-state index contributed by atoms with van der Waals surface area (Å²) in [5.41, 5.74) is 9.40. The number of anilines is 1. The molecule has 1 aromatic carbocycles. The van der Waals surface area contributed by atoms with E-state index in [0.29, 0.717) is 49.6 Å². The maximum absolute atomic E-state index is 15.1. The molecule has 0 spiro atoms. The lowest BCUT2D eigenvalue weighted by molar-refractivity contribution is 0.00822. The average molecular weight is 507 g/mol. The zero-order chi connectivity index (χ0) is 25.7. The van der Waals surface area contributed by atoms with E-state index in [0.717, 1.165) is 11.3 Å². The summed E-state index contributed by atoms with van der Waals surface area (Å²) in [4.78, 5) is 11.0. The van der Waals surface area contributed by atoms with Crippen LogP contribution in [0.5, 0.6) is 0 Å². The number of pyridine rings is 1. The van der Waals surface area contributed by atoms with E-state index < -0.39 is 17.7 Å². The Morgan fingerprint density at radius 2 is 1.89 bits per heavy atom. The number of aromatic nitrogens is 4. The number of nitrogens with zero attached hydrogens (tertiary/aromatic N) is 5. The zero-order valence-corrected chi connectivity index (χ0v) is 20.4. The van der Waals surface area contributed by atoms with Gasteiger partial charge in [-0.2, -0.15) is 5.10 Å². The van der Waals surface area contributed by atoms with Crippen LogP contribution in [0.25, 0.3) is 16.8 Å². The Bertz CT molecular complexity index is 1420. The smallest absolute Gasteiger partial charge is 0.135 e. The minimum atomic E-state index is -0.650. The number of piperidine rings is 1. The molecule has 0 aliphatic carbocycles. The molecule has 10 heteroatoms. The summed E-state index contributed by atoms with van der Waals surface area (Å²) >= 11 is 0. The Morgan fingerprint density at radius 3 is 2.59 bits per heavy atom. The predicted molar refractivity (Wildman–Crippen MR) is 134 cm³/mol. The number of rotatable bonds is 5. The van der Waals surface area contributed by atoms with Crippen molar-refractivity contribution in [2.45, 2.75) is 31.4 Å². The number of halogens is 2. The molecule has 192 valence electrons. The third-order valence-corrected chi connectivity index (χ3v) is 7.41. The fourth-order valence-electron chi connectivity index (χ4n) is 5.23. The second-order valence-corrected chi connectivity index (χ2v) is 10.0. The molecular formula is C27H28F2N6O2. The van der Waals surface area contributed by atoms with Crippen LogP contribution < -0.4 is 10.6 Å². The van der Waals surface area contributed by atoms with Crippen molar-refractivity contribution in [1.29, 1.82) is 0 Å². The SMILES string of the molecule is C[C@H]1CN(c2ccncc2Cc2ncc3ccc(-c4c(F)cc(C5COC5)cc4F)nn23)C[C@@H](N)[C@@H]1O. The standard InChI is InChI=1S/C27H28F2N6O2/c1-15-11-34(12-22(30)27(15)36)24-4-5-31-9-17(24)8-25-32-10-19-2-3-23(33-35(19)25)26-20(28)6-16(7-21(26)29)18-13-37-14-18/h2-7,9-10,15,18,22,27,36H,8,11-14,30H2,1H3/t15-,22+,27+/m0/s1. The molecule has 3 N–H and O–H groups in total. The van der Waals surface area contributed by atoms with Gasteiger partial charge in [0.05, 0.1) is 42.3 Å². The highest BCUT2D eigenvalue weighted by Crippen LogP contribution is 2.32. The minimum Gasteiger partial charge on any atom is -0.391 e. The molecule has 37 heavy (non-hydrogen) atoms. The van der Waals surface area contributed by atoms with Gasteiger partial charge >= 0.3 is 0 Å². The molecule has 2 saturated heterocycles. The highest BCUT2D eigenvalue weighted by Gasteiger charge is 2.32. The first-order valence-corrected chi connectivity index (χ1v) is 12.4. The Morgan fingerprint density at radius 1 is 1.11 bits per heavy atom. The topological polar surface area (TPSA) is 102 Å². The van der Waals surface area contributed by atoms with E-state index in [1.54, 1.807) is 35.2 Å². The van der Waals surface area contributed by atoms with Crippen molar-refractivity contribution in [3.63, 3.8) is 0 Å². The van der Waals surface area contributed by atoms with E-state index in [-0.39, 0.29) is 29.1 Å². The monoisotopic (exact) mass is 506 g/mol. The normalized spacial score (nSPS) is 22.4. The number of ether oxygens (including phenoxy) is 1. The van der Waals surface area contributed by atoms with Crippen molar-refractivity contribution < 1.29 is 18.6 Å². The van der Waals surface area contributed by atoms with Gasteiger partial charge in [-0.05, 0) is 35.9 Å². The Kier molecular flexibility index (Phi) is 6.10. The first kappa shape index (κ1) is 23.9. The highest BCUT2D eigenvalue weighted by molar-refractivity contribution is 5.63. The van der Waals surface area contributed by atoms with Crippen LogP contribution in [-0.4, -0.2) is 63.1 Å². The van der Waals surface area contributed by atoms with Crippen LogP contribution in [-0.2, 0) is 11.2 Å². The van der Waals surface area contributed by atoms with Gasteiger partial charge in [0.25, 0.3) is 0 Å². The molecule has 5 heterocycles. The van der Waals surface area contributed by atoms with Crippen LogP contribution >= 0.6 is 0 Å². The third-order valence-electron chi connectivity index (χ3n) is 7.41. The van der Waals surface area contributed by atoms with Crippen LogP contribution in [0.4, 0.5) is 14.5 Å². The third kappa shape index (κ3) is 4.35. The second kappa shape index (κ2) is 9.44. The van der Waals surface area contributed by atoms with E-state index in [1.807, 2.05) is 13.0 Å². The van der Waals surface area contributed by atoms with Gasteiger partial charge in [0.2, 0.25) is 0 Å². The van der Waals surface area contributed by atoms with Gasteiger partial charge in [0.15, 0.2) is 0 Å². The van der Waals surface area contributed by atoms with Crippen molar-refractivity contribution in [2.24, 2.45) is 11.7 Å². The molecule has 0 amide bonds. The Balaban J connectivity index is 1.33. The first-order chi connectivity index (χ1) is 17.9. The van der Waals surface area contributed by atoms with E-state index in [2.05, 4.69) is 20.0 Å². The largest absolute Gasteiger partial charge is 0.391 e. The number of nitrogens with two attached hydrogens (primary N) is 1. The van der Waals surface area contributed by atoms with Crippen LogP contribution in [0.3, 0.4) is 0 Å². The number of imidazole rings is 1. The van der Waals surface area contributed by atoms with Crippen LogP contribution in [0.15, 0.2) is 48.9 Å². The summed E-state index contributed by atoms with van der Waals surface area (Å²) in [7, 11) is 0. The van der Waals surface area contributed by atoms with E-state index >= 15 is 8.78 Å². The lowest BCUT2D eigenvalue weighted by Crippen LogP contribution is -2.55. The van der Waals surface area contributed by atoms with Crippen molar-refractivity contribution >= 4 is 11.2 Å². The number of hydrogen-bond acceptors (Lipinski definition) is 7. The van der Waals surface area contributed by atoms with Crippen molar-refractivity contribution in [1.82, 2.24) is 19.6 Å². The molecule has 0 saturated carbocycles. The minimum absolute atomic E-state index is 0.0168. The van der Waals surface area contributed by atoms with E-state index in [9.17, 15) is 5.11 Å². The first-order valence-electron chi connectivity index (χ1n) is 12.4. The van der Waals surface area contributed by atoms with Crippen molar-refractivity contribution in [3.05, 3.63) is 77.5 Å². The molecule has 0 radical (unpaired) electrons. The highest BCUT2D eigenvalue weighted by atomic mass is 19.1. The van der Waals surface area contributed by atoms with Gasteiger partial charge in [0.1, 0.15) is 17.5 Å². The lowest BCUT2D eigenvalue weighted by Gasteiger charge is -2.40. The van der Waals surface area contributed by atoms with Crippen LogP contribution in [0.1, 0.15) is 29.8 Å². The summed E-state index contributed by atoms with van der Waals surface area (Å²) in [5.74, 6) is -0.646. The number of hydrogen-bond donors (Lipinski definition) is 2. The van der Waals surface area contributed by atoms with Crippen LogP contribution in [0, 0.1) is 17.6 Å². The van der Waals surface area contributed by atoms with E-state index in [1.165, 1.54) is 12.1 Å². The quantitative estimate of drug-likeness (QED) is 0.429. The van der Waals surface area contributed by atoms with Crippen LogP contribution in [0.2, 0.25) is 0 Å². The second-order valence-electron chi connectivity index (χ2n) is 10.0. The van der Waals surface area contributed by atoms with Gasteiger partial charge in [0, 0.05) is 61.0 Å². The summed E-state index contributed by atoms with van der Waals surface area (Å²) in [6.07, 6.45) is 5.05. The molecule has 0 bridgehead atoms. The molecule has 2 fully saturated rings. The van der Waals surface area contributed by atoms with Crippen molar-refractivity contribution in [3.8, 4) is 11.3 Å². The lowest BCUT2D eigenvalue weighted by atomic mass is 9.92. The predicted octanol–water partition coefficient (Wildman–Crippen LogP) is 2.92. The molecule has 2 aliphatic rings. The fraction of sp³-hybridized carbons (Fsp3) is 0.370. The molecule has 3 atom stereocenters. The van der Waals surface area contributed by atoms with Gasteiger partial charge in [-0.3, -0.25) is 4.98 Å². The number of aliphatic hydroxyl groups excluding tert-OH is 1. The van der Waals surface area contributed by atoms with Crippen molar-refractivity contribution in [2.75, 3.05) is 31.2 Å². The number of benzene rings is 1.